The molecule has 1 saturated heterocycles. The van der Waals surface area contributed by atoms with Gasteiger partial charge in [-0.1, -0.05) is 18.2 Å². The summed E-state index contributed by atoms with van der Waals surface area (Å²) in [5.41, 5.74) is 0.764. The fraction of sp³-hybridized carbons (Fsp3) is 0.438. The number of carbonyl (C=O) groups excluding carboxylic acids is 1. The third kappa shape index (κ3) is 4.04. The summed E-state index contributed by atoms with van der Waals surface area (Å²) in [6, 6.07) is 6.78. The minimum absolute atomic E-state index is 0.134. The van der Waals surface area contributed by atoms with E-state index in [1.165, 1.54) is 17.6 Å². The van der Waals surface area contributed by atoms with Crippen molar-refractivity contribution < 1.29 is 9.18 Å². The van der Waals surface area contributed by atoms with Gasteiger partial charge in [0.15, 0.2) is 0 Å². The first-order chi connectivity index (χ1) is 11.1. The normalized spacial score (nSPS) is 15.7. The van der Waals surface area contributed by atoms with Gasteiger partial charge in [-0.3, -0.25) is 5.32 Å². The van der Waals surface area contributed by atoms with Crippen LogP contribution in [0.25, 0.3) is 0 Å². The van der Waals surface area contributed by atoms with Crippen molar-refractivity contribution >= 4 is 22.7 Å². The van der Waals surface area contributed by atoms with Crippen LogP contribution in [-0.2, 0) is 6.42 Å². The molecule has 0 saturated carbocycles. The molecular weight excluding hydrogens is 315 g/mol. The Hall–Kier alpha value is -2.02. The number of piperidine rings is 1. The first-order valence-corrected chi connectivity index (χ1v) is 8.49. The molecule has 7 heteroatoms. The van der Waals surface area contributed by atoms with Gasteiger partial charge in [0.2, 0.25) is 5.13 Å². The number of likely N-dealkylation sites (tertiary alicyclic amines) is 1. The van der Waals surface area contributed by atoms with Crippen LogP contribution in [0, 0.1) is 18.7 Å². The Morgan fingerprint density at radius 1 is 1.39 bits per heavy atom. The molecular formula is C16H19FN4OS. The molecule has 1 fully saturated rings. The number of urea groups is 1. The fourth-order valence-electron chi connectivity index (χ4n) is 2.83. The fourth-order valence-corrected chi connectivity index (χ4v) is 3.40. The highest BCUT2D eigenvalue weighted by Crippen LogP contribution is 2.23. The van der Waals surface area contributed by atoms with Gasteiger partial charge in [0.1, 0.15) is 11.6 Å². The van der Waals surface area contributed by atoms with E-state index in [0.717, 1.165) is 24.8 Å². The molecule has 0 radical (unpaired) electrons. The van der Waals surface area contributed by atoms with Crippen molar-refractivity contribution in [2.45, 2.75) is 26.2 Å². The van der Waals surface area contributed by atoms with Gasteiger partial charge in [0.25, 0.3) is 0 Å². The molecule has 0 atom stereocenters. The van der Waals surface area contributed by atoms with Crippen molar-refractivity contribution in [3.05, 3.63) is 41.5 Å². The number of nitrogens with zero attached hydrogens (tertiary/aromatic N) is 3. The summed E-state index contributed by atoms with van der Waals surface area (Å²) in [5.74, 6) is 0.938. The number of carbonyl (C=O) groups is 1. The van der Waals surface area contributed by atoms with Crippen LogP contribution in [-0.4, -0.2) is 33.4 Å². The van der Waals surface area contributed by atoms with E-state index in [1.807, 2.05) is 12.1 Å². The number of aryl methyl sites for hydroxylation is 1. The molecule has 122 valence electrons. The molecule has 2 aromatic rings. The molecule has 2 heterocycles. The lowest BCUT2D eigenvalue weighted by Gasteiger charge is -2.31. The number of aromatic nitrogens is 2. The highest BCUT2D eigenvalue weighted by Gasteiger charge is 2.24. The second kappa shape index (κ2) is 7.04. The van der Waals surface area contributed by atoms with E-state index >= 15 is 0 Å². The van der Waals surface area contributed by atoms with E-state index in [2.05, 4.69) is 14.7 Å². The SMILES string of the molecule is Cc1nsc(NC(=O)N2CCC(Cc3ccccc3F)CC2)n1. The molecule has 5 nitrogen and oxygen atoms in total. The molecule has 1 aliphatic heterocycles. The molecule has 3 rings (SSSR count). The monoisotopic (exact) mass is 334 g/mol. The van der Waals surface area contributed by atoms with Crippen LogP contribution in [0.2, 0.25) is 0 Å². The van der Waals surface area contributed by atoms with E-state index in [-0.39, 0.29) is 11.8 Å². The van der Waals surface area contributed by atoms with Crippen LogP contribution in [0.5, 0.6) is 0 Å². The van der Waals surface area contributed by atoms with E-state index in [1.54, 1.807) is 17.9 Å². The molecule has 0 bridgehead atoms. The maximum absolute atomic E-state index is 13.7. The summed E-state index contributed by atoms with van der Waals surface area (Å²) in [6.45, 7) is 3.16. The number of hydrogen-bond acceptors (Lipinski definition) is 4. The van der Waals surface area contributed by atoms with Gasteiger partial charge in [-0.15, -0.1) is 0 Å². The van der Waals surface area contributed by atoms with E-state index in [0.29, 0.717) is 30.0 Å². The molecule has 0 spiro atoms. The van der Waals surface area contributed by atoms with E-state index in [4.69, 9.17) is 0 Å². The quantitative estimate of drug-likeness (QED) is 0.935. The first-order valence-electron chi connectivity index (χ1n) is 7.71. The number of benzene rings is 1. The Bertz CT molecular complexity index is 682. The highest BCUT2D eigenvalue weighted by atomic mass is 32.1. The topological polar surface area (TPSA) is 58.1 Å². The Labute approximate surface area is 138 Å². The van der Waals surface area contributed by atoms with Crippen LogP contribution in [0.15, 0.2) is 24.3 Å². The number of anilines is 1. The Morgan fingerprint density at radius 3 is 2.78 bits per heavy atom. The number of nitrogens with one attached hydrogen (secondary N) is 1. The molecule has 1 aromatic heterocycles. The minimum atomic E-state index is -0.140. The highest BCUT2D eigenvalue weighted by molar-refractivity contribution is 7.09. The smallest absolute Gasteiger partial charge is 0.323 e. The average Bonchev–Trinajstić information content (AvgIpc) is 2.95. The standard InChI is InChI=1S/C16H19FN4OS/c1-11-18-15(23-20-11)19-16(22)21-8-6-12(7-9-21)10-13-4-2-3-5-14(13)17/h2-5,12H,6-10H2,1H3,(H,18,19,20,22). The lowest BCUT2D eigenvalue weighted by molar-refractivity contribution is 0.182. The predicted octanol–water partition coefficient (Wildman–Crippen LogP) is 3.47. The molecule has 1 aromatic carbocycles. The lowest BCUT2D eigenvalue weighted by Crippen LogP contribution is -2.41. The van der Waals surface area contributed by atoms with Crippen molar-refractivity contribution in [3.63, 3.8) is 0 Å². The summed E-state index contributed by atoms with van der Waals surface area (Å²) >= 11 is 1.18. The molecule has 0 aliphatic carbocycles. The third-order valence-corrected chi connectivity index (χ3v) is 4.83. The number of hydrogen-bond donors (Lipinski definition) is 1. The van der Waals surface area contributed by atoms with Crippen molar-refractivity contribution in [1.29, 1.82) is 0 Å². The first kappa shape index (κ1) is 15.9. The molecule has 1 aliphatic rings. The Kier molecular flexibility index (Phi) is 4.85. The largest absolute Gasteiger partial charge is 0.324 e. The van der Waals surface area contributed by atoms with Gasteiger partial charge < -0.3 is 4.90 Å². The zero-order valence-electron chi connectivity index (χ0n) is 13.0. The van der Waals surface area contributed by atoms with Gasteiger partial charge in [-0.2, -0.15) is 4.37 Å². The van der Waals surface area contributed by atoms with Crippen LogP contribution >= 0.6 is 11.5 Å². The van der Waals surface area contributed by atoms with Crippen molar-refractivity contribution in [2.75, 3.05) is 18.4 Å². The predicted molar refractivity (Wildman–Crippen MR) is 88.1 cm³/mol. The van der Waals surface area contributed by atoms with Gasteiger partial charge in [0, 0.05) is 24.6 Å². The number of halogens is 1. The maximum atomic E-state index is 13.7. The second-order valence-corrected chi connectivity index (χ2v) is 6.55. The van der Waals surface area contributed by atoms with E-state index in [9.17, 15) is 9.18 Å². The van der Waals surface area contributed by atoms with Crippen molar-refractivity contribution in [3.8, 4) is 0 Å². The van der Waals surface area contributed by atoms with Gasteiger partial charge in [-0.05, 0) is 43.7 Å². The maximum Gasteiger partial charge on any atom is 0.323 e. The summed E-state index contributed by atoms with van der Waals surface area (Å²) in [7, 11) is 0. The minimum Gasteiger partial charge on any atom is -0.324 e. The third-order valence-electron chi connectivity index (χ3n) is 4.11. The van der Waals surface area contributed by atoms with Crippen LogP contribution < -0.4 is 5.32 Å². The molecule has 2 amide bonds. The van der Waals surface area contributed by atoms with Crippen molar-refractivity contribution in [2.24, 2.45) is 5.92 Å². The number of rotatable bonds is 3. The lowest BCUT2D eigenvalue weighted by atomic mass is 9.90. The molecule has 0 unspecified atom stereocenters. The Balaban J connectivity index is 1.50. The van der Waals surface area contributed by atoms with Crippen molar-refractivity contribution in [1.82, 2.24) is 14.3 Å². The Morgan fingerprint density at radius 2 is 2.13 bits per heavy atom. The van der Waals surface area contributed by atoms with Gasteiger partial charge in [-0.25, -0.2) is 14.2 Å². The number of amides is 2. The second-order valence-electron chi connectivity index (χ2n) is 5.80. The zero-order chi connectivity index (χ0) is 16.2. The summed E-state index contributed by atoms with van der Waals surface area (Å²) in [4.78, 5) is 18.1. The molecule has 23 heavy (non-hydrogen) atoms. The van der Waals surface area contributed by atoms with Crippen LogP contribution in [0.1, 0.15) is 24.2 Å². The van der Waals surface area contributed by atoms with E-state index < -0.39 is 0 Å². The van der Waals surface area contributed by atoms with Gasteiger partial charge in [0.05, 0.1) is 0 Å². The van der Waals surface area contributed by atoms with Crippen LogP contribution in [0.4, 0.5) is 14.3 Å². The molecule has 1 N–H and O–H groups in total. The van der Waals surface area contributed by atoms with Gasteiger partial charge >= 0.3 is 6.03 Å². The summed E-state index contributed by atoms with van der Waals surface area (Å²) < 4.78 is 17.8. The summed E-state index contributed by atoms with van der Waals surface area (Å²) in [5, 5.41) is 3.31. The average molecular weight is 334 g/mol. The van der Waals surface area contributed by atoms with Crippen LogP contribution in [0.3, 0.4) is 0 Å². The summed E-state index contributed by atoms with van der Waals surface area (Å²) in [6.07, 6.45) is 2.51. The zero-order valence-corrected chi connectivity index (χ0v) is 13.8.